The third kappa shape index (κ3) is 4.89. The maximum Gasteiger partial charge on any atom is 0.288 e. The Bertz CT molecular complexity index is 836. The number of nitro groups is 1. The molecule has 1 N–H and O–H groups in total. The van der Waals surface area contributed by atoms with Crippen molar-refractivity contribution in [3.63, 3.8) is 0 Å². The van der Waals surface area contributed by atoms with E-state index in [1.165, 1.54) is 18.3 Å². The molecule has 0 fully saturated rings. The van der Waals surface area contributed by atoms with Gasteiger partial charge in [0, 0.05) is 11.6 Å². The first-order chi connectivity index (χ1) is 12.0. The van der Waals surface area contributed by atoms with E-state index in [9.17, 15) is 14.9 Å². The Balaban J connectivity index is 2.10. The standard InChI is InChI=1S/C17H14ClN3O4/c1-2-9-25-16-6-4-3-5-13(16)17(22)20-19-11-12-7-8-14(18)15(10-12)21(23)24/h2-8,10-11H,1,9H2,(H,20,22). The Morgan fingerprint density at radius 2 is 2.12 bits per heavy atom. The molecule has 0 aromatic heterocycles. The van der Waals surface area contributed by atoms with Crippen molar-refractivity contribution >= 4 is 29.4 Å². The number of para-hydroxylation sites is 1. The molecule has 2 aromatic rings. The molecule has 0 saturated heterocycles. The summed E-state index contributed by atoms with van der Waals surface area (Å²) in [6.45, 7) is 3.82. The van der Waals surface area contributed by atoms with Crippen LogP contribution in [0, 0.1) is 10.1 Å². The van der Waals surface area contributed by atoms with E-state index in [0.29, 0.717) is 16.9 Å². The van der Waals surface area contributed by atoms with E-state index in [0.717, 1.165) is 0 Å². The lowest BCUT2D eigenvalue weighted by Crippen LogP contribution is -2.18. The smallest absolute Gasteiger partial charge is 0.288 e. The van der Waals surface area contributed by atoms with Gasteiger partial charge in [-0.2, -0.15) is 5.10 Å². The van der Waals surface area contributed by atoms with Gasteiger partial charge in [-0.1, -0.05) is 42.5 Å². The number of ether oxygens (including phenoxy) is 1. The van der Waals surface area contributed by atoms with Gasteiger partial charge in [-0.3, -0.25) is 14.9 Å². The summed E-state index contributed by atoms with van der Waals surface area (Å²) < 4.78 is 5.41. The van der Waals surface area contributed by atoms with E-state index >= 15 is 0 Å². The Hall–Kier alpha value is -3.19. The van der Waals surface area contributed by atoms with Crippen LogP contribution in [0.1, 0.15) is 15.9 Å². The van der Waals surface area contributed by atoms with Gasteiger partial charge in [0.15, 0.2) is 0 Å². The average molecular weight is 360 g/mol. The van der Waals surface area contributed by atoms with E-state index in [-0.39, 0.29) is 17.3 Å². The minimum atomic E-state index is -0.592. The predicted octanol–water partition coefficient (Wildman–Crippen LogP) is 3.58. The Kier molecular flexibility index (Phi) is 6.25. The van der Waals surface area contributed by atoms with Gasteiger partial charge in [-0.15, -0.1) is 0 Å². The second kappa shape index (κ2) is 8.60. The minimum absolute atomic E-state index is 0.0273. The van der Waals surface area contributed by atoms with E-state index < -0.39 is 10.8 Å². The van der Waals surface area contributed by atoms with Crippen LogP contribution in [0.4, 0.5) is 5.69 Å². The number of benzene rings is 2. The molecule has 0 aliphatic heterocycles. The number of hydrogen-bond acceptors (Lipinski definition) is 5. The highest BCUT2D eigenvalue weighted by Crippen LogP contribution is 2.24. The molecule has 0 atom stereocenters. The van der Waals surface area contributed by atoms with E-state index in [4.69, 9.17) is 16.3 Å². The van der Waals surface area contributed by atoms with Crippen LogP contribution in [0.2, 0.25) is 5.02 Å². The lowest BCUT2D eigenvalue weighted by Gasteiger charge is -2.08. The molecule has 7 nitrogen and oxygen atoms in total. The third-order valence-electron chi connectivity index (χ3n) is 3.03. The average Bonchev–Trinajstić information content (AvgIpc) is 2.61. The van der Waals surface area contributed by atoms with Crippen LogP contribution < -0.4 is 10.2 Å². The second-order valence-electron chi connectivity index (χ2n) is 4.76. The molecular weight excluding hydrogens is 346 g/mol. The van der Waals surface area contributed by atoms with Gasteiger partial charge < -0.3 is 4.74 Å². The van der Waals surface area contributed by atoms with Crippen molar-refractivity contribution < 1.29 is 14.5 Å². The number of rotatable bonds is 7. The van der Waals surface area contributed by atoms with E-state index in [1.54, 1.807) is 36.4 Å². The van der Waals surface area contributed by atoms with Gasteiger partial charge in [-0.05, 0) is 18.2 Å². The number of carbonyl (C=O) groups excluding carboxylic acids is 1. The highest BCUT2D eigenvalue weighted by molar-refractivity contribution is 6.32. The zero-order valence-corrected chi connectivity index (χ0v) is 13.8. The van der Waals surface area contributed by atoms with Gasteiger partial charge in [0.2, 0.25) is 0 Å². The van der Waals surface area contributed by atoms with Crippen molar-refractivity contribution in [1.82, 2.24) is 5.43 Å². The summed E-state index contributed by atoms with van der Waals surface area (Å²) in [5.41, 5.74) is 2.85. The molecule has 1 amide bonds. The van der Waals surface area contributed by atoms with Crippen molar-refractivity contribution in [2.75, 3.05) is 6.61 Å². The Morgan fingerprint density at radius 3 is 2.84 bits per heavy atom. The van der Waals surface area contributed by atoms with Crippen LogP contribution in [0.5, 0.6) is 5.75 Å². The predicted molar refractivity (Wildman–Crippen MR) is 95.3 cm³/mol. The number of nitro benzene ring substituents is 1. The zero-order valence-electron chi connectivity index (χ0n) is 13.0. The number of halogens is 1. The highest BCUT2D eigenvalue weighted by Gasteiger charge is 2.13. The second-order valence-corrected chi connectivity index (χ2v) is 5.17. The number of nitrogens with one attached hydrogen (secondary N) is 1. The maximum absolute atomic E-state index is 12.2. The van der Waals surface area contributed by atoms with Crippen LogP contribution in [0.3, 0.4) is 0 Å². The number of hydrazone groups is 1. The minimum Gasteiger partial charge on any atom is -0.489 e. The van der Waals surface area contributed by atoms with Crippen LogP contribution in [-0.2, 0) is 0 Å². The molecule has 0 bridgehead atoms. The lowest BCUT2D eigenvalue weighted by atomic mass is 10.2. The SMILES string of the molecule is C=CCOc1ccccc1C(=O)NN=Cc1ccc(Cl)c([N+](=O)[O-])c1. The lowest BCUT2D eigenvalue weighted by molar-refractivity contribution is -0.384. The molecule has 0 unspecified atom stereocenters. The van der Waals surface area contributed by atoms with E-state index in [1.807, 2.05) is 0 Å². The highest BCUT2D eigenvalue weighted by atomic mass is 35.5. The summed E-state index contributed by atoms with van der Waals surface area (Å²) in [5, 5.41) is 14.7. The van der Waals surface area contributed by atoms with Crippen LogP contribution in [-0.4, -0.2) is 23.7 Å². The zero-order chi connectivity index (χ0) is 18.2. The molecule has 0 heterocycles. The molecule has 0 aliphatic rings. The van der Waals surface area contributed by atoms with Gasteiger partial charge >= 0.3 is 0 Å². The monoisotopic (exact) mass is 359 g/mol. The van der Waals surface area contributed by atoms with Crippen LogP contribution in [0.15, 0.2) is 60.2 Å². The molecular formula is C17H14ClN3O4. The normalized spacial score (nSPS) is 10.4. The largest absolute Gasteiger partial charge is 0.489 e. The van der Waals surface area contributed by atoms with Crippen molar-refractivity contribution in [2.45, 2.75) is 0 Å². The Labute approximate surface area is 148 Å². The Morgan fingerprint density at radius 1 is 1.36 bits per heavy atom. The first-order valence-electron chi connectivity index (χ1n) is 7.13. The molecule has 0 saturated carbocycles. The summed E-state index contributed by atoms with van der Waals surface area (Å²) in [6, 6.07) is 10.9. The molecule has 0 spiro atoms. The van der Waals surface area contributed by atoms with Crippen molar-refractivity contribution in [3.05, 3.63) is 81.4 Å². The number of nitrogens with zero attached hydrogens (tertiary/aromatic N) is 2. The first kappa shape index (κ1) is 18.2. The molecule has 25 heavy (non-hydrogen) atoms. The fourth-order valence-electron chi connectivity index (χ4n) is 1.90. The maximum atomic E-state index is 12.2. The summed E-state index contributed by atoms with van der Waals surface area (Å²) in [5.74, 6) is -0.0726. The van der Waals surface area contributed by atoms with Gasteiger partial charge in [0.1, 0.15) is 17.4 Å². The number of carbonyl (C=O) groups is 1. The first-order valence-corrected chi connectivity index (χ1v) is 7.50. The molecule has 0 radical (unpaired) electrons. The summed E-state index contributed by atoms with van der Waals surface area (Å²) >= 11 is 5.74. The number of amides is 1. The molecule has 0 aliphatic carbocycles. The quantitative estimate of drug-likeness (QED) is 0.354. The molecule has 8 heteroatoms. The molecule has 128 valence electrons. The van der Waals surface area contributed by atoms with Crippen molar-refractivity contribution in [3.8, 4) is 5.75 Å². The fraction of sp³-hybridized carbons (Fsp3) is 0.0588. The van der Waals surface area contributed by atoms with Gasteiger partial charge in [-0.25, -0.2) is 5.43 Å². The van der Waals surface area contributed by atoms with Gasteiger partial charge in [0.25, 0.3) is 11.6 Å². The molecule has 2 aromatic carbocycles. The summed E-state index contributed by atoms with van der Waals surface area (Å²) in [7, 11) is 0. The summed E-state index contributed by atoms with van der Waals surface area (Å²) in [6.07, 6.45) is 2.86. The van der Waals surface area contributed by atoms with Crippen molar-refractivity contribution in [2.24, 2.45) is 5.10 Å². The van der Waals surface area contributed by atoms with Crippen LogP contribution >= 0.6 is 11.6 Å². The fourth-order valence-corrected chi connectivity index (χ4v) is 2.09. The number of hydrogen-bond donors (Lipinski definition) is 1. The van der Waals surface area contributed by atoms with Crippen LogP contribution in [0.25, 0.3) is 0 Å². The third-order valence-corrected chi connectivity index (χ3v) is 3.35. The van der Waals surface area contributed by atoms with E-state index in [2.05, 4.69) is 17.1 Å². The molecule has 2 rings (SSSR count). The van der Waals surface area contributed by atoms with Crippen molar-refractivity contribution in [1.29, 1.82) is 0 Å². The summed E-state index contributed by atoms with van der Waals surface area (Å²) in [4.78, 5) is 22.4. The topological polar surface area (TPSA) is 93.8 Å². The van der Waals surface area contributed by atoms with Gasteiger partial charge in [0.05, 0.1) is 16.7 Å².